The third-order valence-corrected chi connectivity index (χ3v) is 12.0. The number of carbonyl (C=O) groups excluding carboxylic acids is 2. The largest absolute Gasteiger partial charge is 0.353 e. The molecule has 0 aromatic rings. The fourth-order valence-electron chi connectivity index (χ4n) is 7.06. The van der Waals surface area contributed by atoms with E-state index in [0.29, 0.717) is 42.0 Å². The van der Waals surface area contributed by atoms with E-state index in [1.54, 1.807) is 0 Å². The van der Waals surface area contributed by atoms with Crippen LogP contribution in [0.4, 0.5) is 0 Å². The van der Waals surface area contributed by atoms with E-state index in [2.05, 4.69) is 10.2 Å². The van der Waals surface area contributed by atoms with E-state index in [9.17, 15) is 18.0 Å². The molecule has 6 nitrogen and oxygen atoms in total. The van der Waals surface area contributed by atoms with Gasteiger partial charge in [0.2, 0.25) is 11.8 Å². The minimum absolute atomic E-state index is 0.117. The highest BCUT2D eigenvalue weighted by Crippen LogP contribution is 2.38. The molecule has 5 rings (SSSR count). The normalized spacial score (nSPS) is 32.7. The molecule has 0 saturated heterocycles. The van der Waals surface area contributed by atoms with Crippen LogP contribution < -0.4 is 5.32 Å². The number of rotatable bonds is 9. The maximum Gasteiger partial charge on any atom is 0.226 e. The summed E-state index contributed by atoms with van der Waals surface area (Å²) in [4.78, 5) is 28.5. The van der Waals surface area contributed by atoms with Crippen LogP contribution in [-0.4, -0.2) is 54.3 Å². The third kappa shape index (κ3) is 6.81. The Balaban J connectivity index is 1.02. The SMILES string of the molecule is O=C(CC1CCC(S(=O)(=O)CC2CC2)CC1)NC1CCC(C(=O)N(C2CCCCC2)C2CC2)CC1. The Hall–Kier alpha value is -1.11. The predicted molar refractivity (Wildman–Crippen MR) is 138 cm³/mol. The van der Waals surface area contributed by atoms with Crippen molar-refractivity contribution in [2.75, 3.05) is 5.75 Å². The number of nitrogens with zero attached hydrogens (tertiary/aromatic N) is 1. The summed E-state index contributed by atoms with van der Waals surface area (Å²) in [5.41, 5.74) is 0. The molecular weight excluding hydrogens is 460 g/mol. The Bertz CT molecular complexity index is 844. The van der Waals surface area contributed by atoms with Crippen molar-refractivity contribution >= 4 is 21.7 Å². The van der Waals surface area contributed by atoms with E-state index in [0.717, 1.165) is 64.2 Å². The second kappa shape index (κ2) is 11.1. The monoisotopic (exact) mass is 506 g/mol. The van der Waals surface area contributed by atoms with Crippen LogP contribution >= 0.6 is 0 Å². The van der Waals surface area contributed by atoms with Gasteiger partial charge in [-0.3, -0.25) is 9.59 Å². The van der Waals surface area contributed by atoms with Gasteiger partial charge in [0.15, 0.2) is 9.84 Å². The number of sulfone groups is 1. The molecule has 35 heavy (non-hydrogen) atoms. The summed E-state index contributed by atoms with van der Waals surface area (Å²) in [5.74, 6) is 1.76. The number of carbonyl (C=O) groups is 2. The molecule has 0 heterocycles. The molecule has 5 saturated carbocycles. The van der Waals surface area contributed by atoms with Crippen molar-refractivity contribution in [3.63, 3.8) is 0 Å². The first-order valence-electron chi connectivity index (χ1n) is 14.7. The topological polar surface area (TPSA) is 83.5 Å². The number of nitrogens with one attached hydrogen (secondary N) is 1. The summed E-state index contributed by atoms with van der Waals surface area (Å²) in [6.07, 6.45) is 18.0. The molecule has 0 unspecified atom stereocenters. The molecule has 5 aliphatic carbocycles. The van der Waals surface area contributed by atoms with Gasteiger partial charge in [0, 0.05) is 30.5 Å². The van der Waals surface area contributed by atoms with Crippen LogP contribution in [0.15, 0.2) is 0 Å². The minimum atomic E-state index is -2.95. The van der Waals surface area contributed by atoms with Gasteiger partial charge in [0.05, 0.1) is 11.0 Å². The molecule has 0 atom stereocenters. The molecular formula is C28H46N2O4S. The molecule has 0 radical (unpaired) electrons. The first kappa shape index (κ1) is 25.5. The quantitative estimate of drug-likeness (QED) is 0.489. The van der Waals surface area contributed by atoms with Gasteiger partial charge in [-0.05, 0) is 102 Å². The summed E-state index contributed by atoms with van der Waals surface area (Å²) in [6.45, 7) is 0. The van der Waals surface area contributed by atoms with Crippen molar-refractivity contribution in [3.05, 3.63) is 0 Å². The Labute approximate surface area is 212 Å². The molecule has 0 bridgehead atoms. The van der Waals surface area contributed by atoms with Crippen LogP contribution in [0.3, 0.4) is 0 Å². The van der Waals surface area contributed by atoms with Crippen molar-refractivity contribution in [2.24, 2.45) is 17.8 Å². The molecule has 0 aromatic carbocycles. The van der Waals surface area contributed by atoms with Crippen molar-refractivity contribution in [1.82, 2.24) is 10.2 Å². The molecule has 198 valence electrons. The van der Waals surface area contributed by atoms with E-state index in [4.69, 9.17) is 0 Å². The zero-order valence-corrected chi connectivity index (χ0v) is 22.3. The first-order chi connectivity index (χ1) is 16.9. The van der Waals surface area contributed by atoms with Crippen molar-refractivity contribution in [2.45, 2.75) is 139 Å². The summed E-state index contributed by atoms with van der Waals surface area (Å²) >= 11 is 0. The number of hydrogen-bond donors (Lipinski definition) is 1. The lowest BCUT2D eigenvalue weighted by Crippen LogP contribution is -2.48. The second-order valence-corrected chi connectivity index (χ2v) is 14.8. The van der Waals surface area contributed by atoms with Crippen LogP contribution in [0.1, 0.15) is 116 Å². The Kier molecular flexibility index (Phi) is 8.10. The summed E-state index contributed by atoms with van der Waals surface area (Å²) in [7, 11) is -2.95. The zero-order chi connectivity index (χ0) is 24.4. The van der Waals surface area contributed by atoms with Gasteiger partial charge in [-0.1, -0.05) is 19.3 Å². The van der Waals surface area contributed by atoms with E-state index in [1.807, 2.05) is 0 Å². The minimum Gasteiger partial charge on any atom is -0.353 e. The Morgan fingerprint density at radius 3 is 1.89 bits per heavy atom. The lowest BCUT2D eigenvalue weighted by atomic mass is 9.83. The molecule has 5 fully saturated rings. The van der Waals surface area contributed by atoms with Gasteiger partial charge in [0.1, 0.15) is 0 Å². The van der Waals surface area contributed by atoms with Crippen LogP contribution in [0, 0.1) is 17.8 Å². The molecule has 5 aliphatic rings. The van der Waals surface area contributed by atoms with Gasteiger partial charge in [-0.25, -0.2) is 8.42 Å². The Morgan fingerprint density at radius 1 is 0.686 bits per heavy atom. The maximum absolute atomic E-state index is 13.4. The number of hydrogen-bond acceptors (Lipinski definition) is 4. The van der Waals surface area contributed by atoms with Crippen LogP contribution in [0.2, 0.25) is 0 Å². The summed E-state index contributed by atoms with van der Waals surface area (Å²) < 4.78 is 25.1. The van der Waals surface area contributed by atoms with E-state index in [-0.39, 0.29) is 23.1 Å². The highest BCUT2D eigenvalue weighted by molar-refractivity contribution is 7.92. The second-order valence-electron chi connectivity index (χ2n) is 12.5. The molecule has 1 N–H and O–H groups in total. The molecule has 0 aromatic heterocycles. The lowest BCUT2D eigenvalue weighted by Gasteiger charge is -2.38. The predicted octanol–water partition coefficient (Wildman–Crippen LogP) is 4.76. The van der Waals surface area contributed by atoms with Crippen molar-refractivity contribution < 1.29 is 18.0 Å². The fraction of sp³-hybridized carbons (Fsp3) is 0.929. The van der Waals surface area contributed by atoms with Crippen molar-refractivity contribution in [3.8, 4) is 0 Å². The molecule has 2 amide bonds. The average Bonchev–Trinajstić information content (AvgIpc) is 3.78. The highest BCUT2D eigenvalue weighted by atomic mass is 32.2. The maximum atomic E-state index is 13.4. The summed E-state index contributed by atoms with van der Waals surface area (Å²) in [5, 5.41) is 3.07. The lowest BCUT2D eigenvalue weighted by molar-refractivity contribution is -0.140. The van der Waals surface area contributed by atoms with Gasteiger partial charge in [-0.2, -0.15) is 0 Å². The standard InChI is InChI=1S/C28H46N2O4S/c31-27(18-20-8-16-26(17-9-20)35(33,34)19-21-6-7-21)29-23-12-10-22(11-13-23)28(32)30(25-14-15-25)24-4-2-1-3-5-24/h20-26H,1-19H2,(H,29,31). The third-order valence-electron chi connectivity index (χ3n) is 9.55. The molecule has 0 aliphatic heterocycles. The summed E-state index contributed by atoms with van der Waals surface area (Å²) in [6, 6.07) is 1.16. The average molecular weight is 507 g/mol. The van der Waals surface area contributed by atoms with Crippen molar-refractivity contribution in [1.29, 1.82) is 0 Å². The van der Waals surface area contributed by atoms with Gasteiger partial charge in [-0.15, -0.1) is 0 Å². The van der Waals surface area contributed by atoms with Gasteiger partial charge >= 0.3 is 0 Å². The van der Waals surface area contributed by atoms with Gasteiger partial charge in [0.25, 0.3) is 0 Å². The highest BCUT2D eigenvalue weighted by Gasteiger charge is 2.41. The molecule has 7 heteroatoms. The zero-order valence-electron chi connectivity index (χ0n) is 21.5. The van der Waals surface area contributed by atoms with Crippen LogP contribution in [0.25, 0.3) is 0 Å². The van der Waals surface area contributed by atoms with E-state index >= 15 is 0 Å². The molecule has 0 spiro atoms. The fourth-order valence-corrected chi connectivity index (χ4v) is 9.31. The van der Waals surface area contributed by atoms with E-state index in [1.165, 1.54) is 44.9 Å². The van der Waals surface area contributed by atoms with Gasteiger partial charge < -0.3 is 10.2 Å². The first-order valence-corrected chi connectivity index (χ1v) is 16.4. The number of amides is 2. The van der Waals surface area contributed by atoms with Crippen LogP contribution in [0.5, 0.6) is 0 Å². The van der Waals surface area contributed by atoms with Crippen LogP contribution in [-0.2, 0) is 19.4 Å². The smallest absolute Gasteiger partial charge is 0.226 e. The van der Waals surface area contributed by atoms with E-state index < -0.39 is 9.84 Å². The Morgan fingerprint density at radius 2 is 1.29 bits per heavy atom.